The van der Waals surface area contributed by atoms with Crippen molar-refractivity contribution in [3.63, 3.8) is 0 Å². The molecule has 0 atom stereocenters. The number of rotatable bonds is 2. The standard InChI is InChI=1S/C15H12ClN3O/c1-10-7-11(2)19(15(20)13(10)8-17)18-9-12-5-3-4-6-14(12)16/h3-7,9H,1-2H3/b18-9+. The number of halogens is 1. The van der Waals surface area contributed by atoms with E-state index in [2.05, 4.69) is 5.10 Å². The van der Waals surface area contributed by atoms with Gasteiger partial charge in [-0.2, -0.15) is 10.4 Å². The van der Waals surface area contributed by atoms with Gasteiger partial charge < -0.3 is 0 Å². The molecule has 5 heteroatoms. The second-order valence-electron chi connectivity index (χ2n) is 4.34. The molecule has 0 spiro atoms. The SMILES string of the molecule is Cc1cc(C)n(/N=C/c2ccccc2Cl)c(=O)c1C#N. The predicted octanol–water partition coefficient (Wildman–Crippen LogP) is 2.87. The Labute approximate surface area is 121 Å². The molecule has 1 heterocycles. The van der Waals surface area contributed by atoms with E-state index in [1.165, 1.54) is 10.9 Å². The first-order chi connectivity index (χ1) is 9.54. The lowest BCUT2D eigenvalue weighted by atomic mass is 10.1. The zero-order valence-electron chi connectivity index (χ0n) is 11.1. The van der Waals surface area contributed by atoms with Crippen LogP contribution in [0.5, 0.6) is 0 Å². The summed E-state index contributed by atoms with van der Waals surface area (Å²) in [4.78, 5) is 12.1. The first-order valence-electron chi connectivity index (χ1n) is 5.97. The molecule has 100 valence electrons. The summed E-state index contributed by atoms with van der Waals surface area (Å²) < 4.78 is 1.20. The highest BCUT2D eigenvalue weighted by atomic mass is 35.5. The third-order valence-electron chi connectivity index (χ3n) is 2.89. The van der Waals surface area contributed by atoms with Crippen molar-refractivity contribution < 1.29 is 0 Å². The van der Waals surface area contributed by atoms with Crippen LogP contribution in [0, 0.1) is 25.2 Å². The van der Waals surface area contributed by atoms with Crippen molar-refractivity contribution in [2.24, 2.45) is 5.10 Å². The zero-order valence-corrected chi connectivity index (χ0v) is 11.8. The molecule has 20 heavy (non-hydrogen) atoms. The molecule has 0 aliphatic carbocycles. The minimum Gasteiger partial charge on any atom is -0.266 e. The Bertz CT molecular complexity index is 785. The van der Waals surface area contributed by atoms with Crippen LogP contribution in [0.1, 0.15) is 22.4 Å². The number of hydrogen-bond acceptors (Lipinski definition) is 3. The lowest BCUT2D eigenvalue weighted by Crippen LogP contribution is -2.22. The van der Waals surface area contributed by atoms with Gasteiger partial charge in [-0.25, -0.2) is 4.68 Å². The van der Waals surface area contributed by atoms with Crippen molar-refractivity contribution >= 4 is 17.8 Å². The minimum atomic E-state index is -0.423. The molecule has 1 aromatic carbocycles. The lowest BCUT2D eigenvalue weighted by molar-refractivity contribution is 0.786. The smallest absolute Gasteiger partial charge is 0.266 e. The second kappa shape index (κ2) is 5.72. The molecule has 0 bridgehead atoms. The highest BCUT2D eigenvalue weighted by Gasteiger charge is 2.09. The van der Waals surface area contributed by atoms with E-state index in [1.807, 2.05) is 18.2 Å². The Hall–Kier alpha value is -2.38. The largest absolute Gasteiger partial charge is 0.289 e. The zero-order chi connectivity index (χ0) is 14.7. The third kappa shape index (κ3) is 2.63. The first-order valence-corrected chi connectivity index (χ1v) is 6.34. The van der Waals surface area contributed by atoms with Crippen molar-refractivity contribution in [1.29, 1.82) is 5.26 Å². The Kier molecular flexibility index (Phi) is 4.02. The van der Waals surface area contributed by atoms with Gasteiger partial charge in [0.05, 0.1) is 6.21 Å². The van der Waals surface area contributed by atoms with Crippen molar-refractivity contribution in [3.8, 4) is 6.07 Å². The van der Waals surface area contributed by atoms with Crippen LogP contribution in [0.4, 0.5) is 0 Å². The number of aromatic nitrogens is 1. The molecule has 1 aromatic heterocycles. The number of pyridine rings is 1. The van der Waals surface area contributed by atoms with Crippen molar-refractivity contribution in [1.82, 2.24) is 4.68 Å². The summed E-state index contributed by atoms with van der Waals surface area (Å²) in [6, 6.07) is 10.9. The summed E-state index contributed by atoms with van der Waals surface area (Å²) in [6.45, 7) is 3.49. The van der Waals surface area contributed by atoms with Gasteiger partial charge in [-0.1, -0.05) is 29.8 Å². The topological polar surface area (TPSA) is 58.1 Å². The molecule has 0 saturated heterocycles. The van der Waals surface area contributed by atoms with Gasteiger partial charge in [0.1, 0.15) is 11.6 Å². The Morgan fingerprint density at radius 3 is 2.70 bits per heavy atom. The second-order valence-corrected chi connectivity index (χ2v) is 4.75. The van der Waals surface area contributed by atoms with Crippen LogP contribution in [0.15, 0.2) is 40.2 Å². The fourth-order valence-corrected chi connectivity index (χ4v) is 2.05. The summed E-state index contributed by atoms with van der Waals surface area (Å²) in [7, 11) is 0. The molecule has 0 saturated carbocycles. The van der Waals surface area contributed by atoms with Gasteiger partial charge in [-0.15, -0.1) is 0 Å². The van der Waals surface area contributed by atoms with Gasteiger partial charge in [-0.3, -0.25) is 4.79 Å². The highest BCUT2D eigenvalue weighted by Crippen LogP contribution is 2.12. The molecule has 2 rings (SSSR count). The van der Waals surface area contributed by atoms with Gasteiger partial charge >= 0.3 is 0 Å². The van der Waals surface area contributed by atoms with Crippen LogP contribution in [0.2, 0.25) is 5.02 Å². The van der Waals surface area contributed by atoms with Crippen molar-refractivity contribution in [3.05, 3.63) is 68.1 Å². The molecular formula is C15H12ClN3O. The van der Waals surface area contributed by atoms with E-state index in [4.69, 9.17) is 16.9 Å². The molecule has 2 aromatic rings. The van der Waals surface area contributed by atoms with E-state index < -0.39 is 5.56 Å². The maximum absolute atomic E-state index is 12.1. The molecule has 0 amide bonds. The Balaban J connectivity index is 2.53. The van der Waals surface area contributed by atoms with Gasteiger partial charge in [0, 0.05) is 16.3 Å². The maximum atomic E-state index is 12.1. The molecular weight excluding hydrogens is 274 g/mol. The van der Waals surface area contributed by atoms with Crippen molar-refractivity contribution in [2.75, 3.05) is 0 Å². The van der Waals surface area contributed by atoms with E-state index in [1.54, 1.807) is 32.0 Å². The number of nitriles is 1. The molecule has 0 N–H and O–H groups in total. The number of benzene rings is 1. The summed E-state index contributed by atoms with van der Waals surface area (Å²) in [5.41, 5.74) is 1.70. The number of aryl methyl sites for hydroxylation is 2. The van der Waals surface area contributed by atoms with E-state index in [-0.39, 0.29) is 5.56 Å². The molecule has 0 unspecified atom stereocenters. The first kappa shape index (κ1) is 14.0. The number of hydrogen-bond donors (Lipinski definition) is 0. The van der Waals surface area contributed by atoms with Crippen LogP contribution in [-0.2, 0) is 0 Å². The Morgan fingerprint density at radius 2 is 2.05 bits per heavy atom. The highest BCUT2D eigenvalue weighted by molar-refractivity contribution is 6.33. The average molecular weight is 286 g/mol. The van der Waals surface area contributed by atoms with Crippen LogP contribution in [0.25, 0.3) is 0 Å². The summed E-state index contributed by atoms with van der Waals surface area (Å²) in [6.07, 6.45) is 1.51. The van der Waals surface area contributed by atoms with Crippen LogP contribution >= 0.6 is 11.6 Å². The molecule has 4 nitrogen and oxygen atoms in total. The molecule has 0 aliphatic rings. The fourth-order valence-electron chi connectivity index (χ4n) is 1.86. The normalized spacial score (nSPS) is 10.7. The maximum Gasteiger partial charge on any atom is 0.289 e. The third-order valence-corrected chi connectivity index (χ3v) is 3.23. The summed E-state index contributed by atoms with van der Waals surface area (Å²) >= 11 is 6.02. The van der Waals surface area contributed by atoms with Crippen LogP contribution in [-0.4, -0.2) is 10.9 Å². The summed E-state index contributed by atoms with van der Waals surface area (Å²) in [5, 5.41) is 13.7. The lowest BCUT2D eigenvalue weighted by Gasteiger charge is -2.06. The van der Waals surface area contributed by atoms with Crippen LogP contribution < -0.4 is 5.56 Å². The monoisotopic (exact) mass is 285 g/mol. The van der Waals surface area contributed by atoms with Crippen LogP contribution in [0.3, 0.4) is 0 Å². The van der Waals surface area contributed by atoms with Crippen molar-refractivity contribution in [2.45, 2.75) is 13.8 Å². The average Bonchev–Trinajstić information content (AvgIpc) is 2.40. The predicted molar refractivity (Wildman–Crippen MR) is 79.3 cm³/mol. The van der Waals surface area contributed by atoms with E-state index in [0.717, 1.165) is 0 Å². The fraction of sp³-hybridized carbons (Fsp3) is 0.133. The van der Waals surface area contributed by atoms with Gasteiger partial charge in [0.2, 0.25) is 0 Å². The van der Waals surface area contributed by atoms with E-state index in [0.29, 0.717) is 21.8 Å². The Morgan fingerprint density at radius 1 is 1.35 bits per heavy atom. The van der Waals surface area contributed by atoms with E-state index >= 15 is 0 Å². The van der Waals surface area contributed by atoms with Gasteiger partial charge in [0.25, 0.3) is 5.56 Å². The molecule has 0 fully saturated rings. The van der Waals surface area contributed by atoms with E-state index in [9.17, 15) is 4.79 Å². The van der Waals surface area contributed by atoms with Gasteiger partial charge in [-0.05, 0) is 31.5 Å². The molecule has 0 radical (unpaired) electrons. The van der Waals surface area contributed by atoms with Gasteiger partial charge in [0.15, 0.2) is 0 Å². The minimum absolute atomic E-state index is 0.104. The molecule has 0 aliphatic heterocycles. The quantitative estimate of drug-likeness (QED) is 0.797. The number of nitrogens with zero attached hydrogens (tertiary/aromatic N) is 3. The summed E-state index contributed by atoms with van der Waals surface area (Å²) in [5.74, 6) is 0.